The van der Waals surface area contributed by atoms with Gasteiger partial charge in [0.1, 0.15) is 23.7 Å². The van der Waals surface area contributed by atoms with Gasteiger partial charge in [-0.1, -0.05) is 0 Å². The molecule has 1 aromatic heterocycles. The number of hydrogen-bond acceptors (Lipinski definition) is 6. The highest BCUT2D eigenvalue weighted by Gasteiger charge is 2.31. The number of rotatable bonds is 4. The molecule has 0 unspecified atom stereocenters. The number of hydrogen-bond donors (Lipinski definition) is 0. The van der Waals surface area contributed by atoms with Crippen LogP contribution in [-0.2, 0) is 0 Å². The summed E-state index contributed by atoms with van der Waals surface area (Å²) in [6.07, 6.45) is -0.363. The predicted octanol–water partition coefficient (Wildman–Crippen LogP) is 3.29. The largest absolute Gasteiger partial charge is 0.573 e. The van der Waals surface area contributed by atoms with Crippen molar-refractivity contribution < 1.29 is 22.6 Å². The molecule has 0 saturated carbocycles. The Bertz CT molecular complexity index is 782. The second-order valence-corrected chi connectivity index (χ2v) is 5.66. The van der Waals surface area contributed by atoms with E-state index in [4.69, 9.17) is 10.00 Å². The number of benzene rings is 1. The first-order valence-electron chi connectivity index (χ1n) is 7.93. The zero-order chi connectivity index (χ0) is 18.6. The van der Waals surface area contributed by atoms with E-state index in [0.717, 1.165) is 0 Å². The molecule has 1 fully saturated rings. The van der Waals surface area contributed by atoms with Crippen molar-refractivity contribution in [1.29, 1.82) is 5.26 Å². The number of ether oxygens (including phenoxy) is 2. The normalized spacial score (nSPS) is 15.4. The van der Waals surface area contributed by atoms with E-state index in [9.17, 15) is 13.2 Å². The van der Waals surface area contributed by atoms with Crippen LogP contribution < -0.4 is 14.4 Å². The maximum absolute atomic E-state index is 12.2. The molecule has 2 aromatic rings. The zero-order valence-corrected chi connectivity index (χ0v) is 13.6. The first-order chi connectivity index (χ1) is 12.4. The predicted molar refractivity (Wildman–Crippen MR) is 85.7 cm³/mol. The first-order valence-corrected chi connectivity index (χ1v) is 7.93. The van der Waals surface area contributed by atoms with Crippen LogP contribution in [0.2, 0.25) is 0 Å². The van der Waals surface area contributed by atoms with Gasteiger partial charge < -0.3 is 14.4 Å². The lowest BCUT2D eigenvalue weighted by atomic mass is 10.1. The molecule has 2 heterocycles. The molecule has 0 radical (unpaired) electrons. The van der Waals surface area contributed by atoms with E-state index in [1.165, 1.54) is 30.5 Å². The summed E-state index contributed by atoms with van der Waals surface area (Å²) in [4.78, 5) is 10.2. The van der Waals surface area contributed by atoms with Crippen molar-refractivity contribution >= 4 is 5.82 Å². The summed E-state index contributed by atoms with van der Waals surface area (Å²) in [7, 11) is 0. The van der Waals surface area contributed by atoms with E-state index in [2.05, 4.69) is 14.7 Å². The summed E-state index contributed by atoms with van der Waals surface area (Å²) in [6.45, 7) is 1.29. The number of halogens is 3. The maximum atomic E-state index is 12.2. The van der Waals surface area contributed by atoms with Crippen LogP contribution in [0.1, 0.15) is 18.5 Å². The molecule has 0 atom stereocenters. The van der Waals surface area contributed by atoms with Crippen molar-refractivity contribution in [1.82, 2.24) is 9.97 Å². The average molecular weight is 364 g/mol. The van der Waals surface area contributed by atoms with Gasteiger partial charge >= 0.3 is 6.36 Å². The summed E-state index contributed by atoms with van der Waals surface area (Å²) in [6, 6.07) is 7.36. The number of aromatic nitrogens is 2. The lowest BCUT2D eigenvalue weighted by molar-refractivity contribution is -0.274. The first kappa shape index (κ1) is 17.8. The van der Waals surface area contributed by atoms with Gasteiger partial charge in [0.2, 0.25) is 0 Å². The van der Waals surface area contributed by atoms with Crippen LogP contribution in [0.3, 0.4) is 0 Å². The lowest BCUT2D eigenvalue weighted by Gasteiger charge is -2.33. The molecule has 0 amide bonds. The molecule has 3 rings (SSSR count). The summed E-state index contributed by atoms with van der Waals surface area (Å²) >= 11 is 0. The molecule has 1 saturated heterocycles. The summed E-state index contributed by atoms with van der Waals surface area (Å²) in [5.41, 5.74) is 0.284. The number of anilines is 1. The Morgan fingerprint density at radius 3 is 2.27 bits per heavy atom. The highest BCUT2D eigenvalue weighted by molar-refractivity contribution is 5.49. The van der Waals surface area contributed by atoms with E-state index in [1.54, 1.807) is 6.20 Å². The van der Waals surface area contributed by atoms with E-state index in [0.29, 0.717) is 37.5 Å². The molecule has 1 aromatic carbocycles. The molecule has 1 aliphatic heterocycles. The van der Waals surface area contributed by atoms with Crippen LogP contribution in [0.15, 0.2) is 36.7 Å². The van der Waals surface area contributed by atoms with Crippen molar-refractivity contribution in [2.24, 2.45) is 0 Å². The third-order valence-corrected chi connectivity index (χ3v) is 3.89. The highest BCUT2D eigenvalue weighted by Crippen LogP contribution is 2.27. The molecule has 0 bridgehead atoms. The van der Waals surface area contributed by atoms with E-state index in [1.807, 2.05) is 11.0 Å². The highest BCUT2D eigenvalue weighted by atomic mass is 19.4. The van der Waals surface area contributed by atoms with Gasteiger partial charge in [-0.3, -0.25) is 0 Å². The molecule has 9 heteroatoms. The van der Waals surface area contributed by atoms with Gasteiger partial charge in [-0.2, -0.15) is 5.26 Å². The number of nitriles is 1. The fraction of sp³-hybridized carbons (Fsp3) is 0.353. The fourth-order valence-corrected chi connectivity index (χ4v) is 2.74. The molecular formula is C17H15F3N4O2. The quantitative estimate of drug-likeness (QED) is 0.829. The molecular weight excluding hydrogens is 349 g/mol. The number of piperidine rings is 1. The average Bonchev–Trinajstić information content (AvgIpc) is 2.63. The molecule has 0 spiro atoms. The summed E-state index contributed by atoms with van der Waals surface area (Å²) < 4.78 is 46.1. The Hall–Kier alpha value is -3.02. The second-order valence-electron chi connectivity index (χ2n) is 5.66. The van der Waals surface area contributed by atoms with Gasteiger partial charge in [0.05, 0.1) is 0 Å². The Kier molecular flexibility index (Phi) is 5.11. The van der Waals surface area contributed by atoms with Crippen LogP contribution in [0.5, 0.6) is 11.5 Å². The van der Waals surface area contributed by atoms with Gasteiger partial charge in [0.15, 0.2) is 11.5 Å². The Labute approximate surface area is 147 Å². The van der Waals surface area contributed by atoms with Crippen molar-refractivity contribution in [2.45, 2.75) is 25.3 Å². The molecule has 6 nitrogen and oxygen atoms in total. The minimum atomic E-state index is -4.71. The summed E-state index contributed by atoms with van der Waals surface area (Å²) in [5, 5.41) is 9.10. The van der Waals surface area contributed by atoms with Crippen molar-refractivity contribution in [3.63, 3.8) is 0 Å². The van der Waals surface area contributed by atoms with E-state index < -0.39 is 6.36 Å². The fourth-order valence-electron chi connectivity index (χ4n) is 2.74. The Balaban J connectivity index is 1.55. The van der Waals surface area contributed by atoms with Crippen LogP contribution in [-0.4, -0.2) is 35.5 Å². The smallest absolute Gasteiger partial charge is 0.490 e. The Morgan fingerprint density at radius 1 is 1.04 bits per heavy atom. The maximum Gasteiger partial charge on any atom is 0.573 e. The Morgan fingerprint density at radius 2 is 1.65 bits per heavy atom. The molecule has 1 aliphatic rings. The molecule has 136 valence electrons. The topological polar surface area (TPSA) is 71.3 Å². The monoisotopic (exact) mass is 364 g/mol. The second kappa shape index (κ2) is 7.47. The van der Waals surface area contributed by atoms with Crippen LogP contribution >= 0.6 is 0 Å². The minimum Gasteiger partial charge on any atom is -0.490 e. The van der Waals surface area contributed by atoms with Gasteiger partial charge in [0, 0.05) is 38.3 Å². The minimum absolute atomic E-state index is 0.0668. The van der Waals surface area contributed by atoms with Crippen molar-refractivity contribution in [2.75, 3.05) is 18.0 Å². The summed E-state index contributed by atoms with van der Waals surface area (Å²) in [5.74, 6) is 0.753. The molecule has 0 N–H and O–H groups in total. The van der Waals surface area contributed by atoms with Crippen molar-refractivity contribution in [3.8, 4) is 17.6 Å². The van der Waals surface area contributed by atoms with Crippen LogP contribution in [0.4, 0.5) is 19.0 Å². The van der Waals surface area contributed by atoms with Crippen LogP contribution in [0.25, 0.3) is 0 Å². The van der Waals surface area contributed by atoms with Gasteiger partial charge in [-0.15, -0.1) is 13.2 Å². The molecule has 0 aliphatic carbocycles. The van der Waals surface area contributed by atoms with Gasteiger partial charge in [0.25, 0.3) is 0 Å². The standard InChI is InChI=1S/C17H15F3N4O2/c18-17(19,20)26-14-3-1-12(2-4-14)25-13-5-9-24(10-6-13)16-15(11-21)22-7-8-23-16/h1-4,7-8,13H,5-6,9-10H2. The van der Waals surface area contributed by atoms with Crippen molar-refractivity contribution in [3.05, 3.63) is 42.4 Å². The van der Waals surface area contributed by atoms with Crippen LogP contribution in [0, 0.1) is 11.3 Å². The number of alkyl halides is 3. The zero-order valence-electron chi connectivity index (χ0n) is 13.6. The van der Waals surface area contributed by atoms with Gasteiger partial charge in [-0.05, 0) is 24.3 Å². The third-order valence-electron chi connectivity index (χ3n) is 3.89. The third kappa shape index (κ3) is 4.53. The van der Waals surface area contributed by atoms with E-state index >= 15 is 0 Å². The molecule has 26 heavy (non-hydrogen) atoms. The lowest BCUT2D eigenvalue weighted by Crippen LogP contribution is -2.39. The SMILES string of the molecule is N#Cc1nccnc1N1CCC(Oc2ccc(OC(F)(F)F)cc2)CC1. The van der Waals surface area contributed by atoms with E-state index in [-0.39, 0.29) is 17.5 Å². The van der Waals surface area contributed by atoms with Gasteiger partial charge in [-0.25, -0.2) is 9.97 Å². The number of nitrogens with zero attached hydrogens (tertiary/aromatic N) is 4.